The number of aryl methyl sites for hydroxylation is 2. The van der Waals surface area contributed by atoms with Crippen molar-refractivity contribution in [2.24, 2.45) is 0 Å². The maximum absolute atomic E-state index is 5.81. The molecule has 1 heterocycles. The molecule has 0 fully saturated rings. The van der Waals surface area contributed by atoms with Gasteiger partial charge in [0.25, 0.3) is 5.89 Å². The lowest BCUT2D eigenvalue weighted by Crippen LogP contribution is -1.99. The molecule has 0 atom stereocenters. The molecule has 0 bridgehead atoms. The van der Waals surface area contributed by atoms with Crippen molar-refractivity contribution in [1.29, 1.82) is 0 Å². The van der Waals surface area contributed by atoms with Gasteiger partial charge in [0.1, 0.15) is 5.75 Å². The number of hydrogen-bond donors (Lipinski definition) is 0. The predicted octanol–water partition coefficient (Wildman–Crippen LogP) is 3.93. The topological polar surface area (TPSA) is 48.2 Å². The highest BCUT2D eigenvalue weighted by Crippen LogP contribution is 2.24. The van der Waals surface area contributed by atoms with E-state index in [-0.39, 0.29) is 6.61 Å². The van der Waals surface area contributed by atoms with Gasteiger partial charge >= 0.3 is 0 Å². The number of hydrogen-bond acceptors (Lipinski definition) is 4. The second kappa shape index (κ2) is 5.79. The second-order valence-corrected chi connectivity index (χ2v) is 4.88. The van der Waals surface area contributed by atoms with Crippen LogP contribution < -0.4 is 4.74 Å². The van der Waals surface area contributed by atoms with Gasteiger partial charge in [-0.15, -0.1) is 10.2 Å². The summed E-state index contributed by atoms with van der Waals surface area (Å²) < 4.78 is 11.4. The highest BCUT2D eigenvalue weighted by atomic mass is 16.5. The van der Waals surface area contributed by atoms with Gasteiger partial charge in [-0.2, -0.15) is 0 Å². The van der Waals surface area contributed by atoms with Crippen LogP contribution in [0.25, 0.3) is 11.5 Å². The van der Waals surface area contributed by atoms with E-state index in [0.29, 0.717) is 11.8 Å². The molecule has 0 saturated carbocycles. The lowest BCUT2D eigenvalue weighted by Gasteiger charge is -2.09. The minimum atomic E-state index is 0.269. The smallest absolute Gasteiger partial charge is 0.254 e. The summed E-state index contributed by atoms with van der Waals surface area (Å²) in [6, 6.07) is 15.7. The molecule has 0 radical (unpaired) electrons. The molecule has 0 aliphatic rings. The Morgan fingerprint density at radius 2 is 1.62 bits per heavy atom. The minimum Gasteiger partial charge on any atom is -0.483 e. The first-order chi connectivity index (χ1) is 10.2. The van der Waals surface area contributed by atoms with Crippen molar-refractivity contribution in [1.82, 2.24) is 10.2 Å². The summed E-state index contributed by atoms with van der Waals surface area (Å²) in [6.45, 7) is 4.31. The Kier molecular flexibility index (Phi) is 3.69. The highest BCUT2D eigenvalue weighted by Gasteiger charge is 2.10. The second-order valence-electron chi connectivity index (χ2n) is 4.88. The van der Waals surface area contributed by atoms with Crippen LogP contribution in [0, 0.1) is 13.8 Å². The molecule has 0 unspecified atom stereocenters. The first-order valence-corrected chi connectivity index (χ1v) is 6.81. The zero-order valence-corrected chi connectivity index (χ0v) is 12.0. The van der Waals surface area contributed by atoms with Crippen LogP contribution in [0.4, 0.5) is 0 Å². The van der Waals surface area contributed by atoms with Gasteiger partial charge in [0.2, 0.25) is 5.89 Å². The van der Waals surface area contributed by atoms with Crippen molar-refractivity contribution >= 4 is 0 Å². The van der Waals surface area contributed by atoms with Crippen LogP contribution in [-0.2, 0) is 6.61 Å². The van der Waals surface area contributed by atoms with Crippen LogP contribution in [0.3, 0.4) is 0 Å². The van der Waals surface area contributed by atoms with E-state index in [4.69, 9.17) is 9.15 Å². The maximum atomic E-state index is 5.81. The van der Waals surface area contributed by atoms with Gasteiger partial charge in [0, 0.05) is 5.56 Å². The van der Waals surface area contributed by atoms with Gasteiger partial charge in [0.05, 0.1) is 0 Å². The Labute approximate surface area is 123 Å². The Bertz CT molecular complexity index is 715. The molecule has 0 N–H and O–H groups in total. The zero-order valence-electron chi connectivity index (χ0n) is 12.0. The van der Waals surface area contributed by atoms with E-state index in [1.54, 1.807) is 0 Å². The summed E-state index contributed by atoms with van der Waals surface area (Å²) in [5, 5.41) is 8.07. The SMILES string of the molecule is Cc1cccc(C)c1OCc1nnc(-c2ccccc2)o1. The maximum Gasteiger partial charge on any atom is 0.254 e. The van der Waals surface area contributed by atoms with Gasteiger partial charge in [-0.1, -0.05) is 36.4 Å². The number of aromatic nitrogens is 2. The minimum absolute atomic E-state index is 0.269. The molecule has 3 rings (SSSR count). The number of rotatable bonds is 4. The molecule has 0 saturated heterocycles. The molecule has 4 nitrogen and oxygen atoms in total. The fourth-order valence-electron chi connectivity index (χ4n) is 2.17. The van der Waals surface area contributed by atoms with Crippen molar-refractivity contribution < 1.29 is 9.15 Å². The molecule has 21 heavy (non-hydrogen) atoms. The molecule has 0 amide bonds. The third-order valence-corrected chi connectivity index (χ3v) is 3.24. The molecule has 0 aliphatic carbocycles. The van der Waals surface area contributed by atoms with Gasteiger partial charge in [-0.3, -0.25) is 0 Å². The summed E-state index contributed by atoms with van der Waals surface area (Å²) in [6.07, 6.45) is 0. The van der Waals surface area contributed by atoms with Gasteiger partial charge in [-0.25, -0.2) is 0 Å². The molecule has 106 valence electrons. The standard InChI is InChI=1S/C17H16N2O2/c1-12-7-6-8-13(2)16(12)20-11-15-18-19-17(21-15)14-9-4-3-5-10-14/h3-10H,11H2,1-2H3. The Hall–Kier alpha value is -2.62. The van der Waals surface area contributed by atoms with E-state index in [0.717, 1.165) is 22.4 Å². The summed E-state index contributed by atoms with van der Waals surface area (Å²) in [7, 11) is 0. The Morgan fingerprint density at radius 3 is 2.33 bits per heavy atom. The summed E-state index contributed by atoms with van der Waals surface area (Å²) in [5.74, 6) is 1.85. The number of ether oxygens (including phenoxy) is 1. The fraction of sp³-hybridized carbons (Fsp3) is 0.176. The van der Waals surface area contributed by atoms with E-state index < -0.39 is 0 Å². The third kappa shape index (κ3) is 2.94. The summed E-state index contributed by atoms with van der Waals surface area (Å²) in [5.41, 5.74) is 3.10. The molecule has 0 aliphatic heterocycles. The van der Waals surface area contributed by atoms with E-state index >= 15 is 0 Å². The fourth-order valence-corrected chi connectivity index (χ4v) is 2.17. The number of benzene rings is 2. The van der Waals surface area contributed by atoms with Crippen LogP contribution in [0.2, 0.25) is 0 Å². The Morgan fingerprint density at radius 1 is 0.905 bits per heavy atom. The lowest BCUT2D eigenvalue weighted by atomic mass is 10.1. The van der Waals surface area contributed by atoms with Crippen molar-refractivity contribution in [3.8, 4) is 17.2 Å². The van der Waals surface area contributed by atoms with E-state index in [2.05, 4.69) is 10.2 Å². The summed E-state index contributed by atoms with van der Waals surface area (Å²) >= 11 is 0. The highest BCUT2D eigenvalue weighted by molar-refractivity contribution is 5.51. The molecule has 2 aromatic carbocycles. The van der Waals surface area contributed by atoms with Crippen molar-refractivity contribution in [2.75, 3.05) is 0 Å². The van der Waals surface area contributed by atoms with E-state index in [9.17, 15) is 0 Å². The molecule has 1 aromatic heterocycles. The van der Waals surface area contributed by atoms with Crippen molar-refractivity contribution in [2.45, 2.75) is 20.5 Å². The van der Waals surface area contributed by atoms with Crippen LogP contribution in [0.1, 0.15) is 17.0 Å². The molecule has 0 spiro atoms. The lowest BCUT2D eigenvalue weighted by molar-refractivity contribution is 0.261. The molecule has 4 heteroatoms. The van der Waals surface area contributed by atoms with Gasteiger partial charge in [-0.05, 0) is 37.1 Å². The largest absolute Gasteiger partial charge is 0.483 e. The normalized spacial score (nSPS) is 10.6. The van der Waals surface area contributed by atoms with E-state index in [1.807, 2.05) is 62.4 Å². The predicted molar refractivity (Wildman–Crippen MR) is 80.0 cm³/mol. The number of para-hydroxylation sites is 1. The summed E-state index contributed by atoms with van der Waals surface area (Å²) in [4.78, 5) is 0. The average molecular weight is 280 g/mol. The van der Waals surface area contributed by atoms with Crippen LogP contribution in [0.5, 0.6) is 5.75 Å². The molecular formula is C17H16N2O2. The van der Waals surface area contributed by atoms with Crippen LogP contribution in [0.15, 0.2) is 52.9 Å². The first kappa shape index (κ1) is 13.4. The van der Waals surface area contributed by atoms with Crippen LogP contribution in [-0.4, -0.2) is 10.2 Å². The van der Waals surface area contributed by atoms with Crippen molar-refractivity contribution in [3.05, 3.63) is 65.5 Å². The average Bonchev–Trinajstić information content (AvgIpc) is 2.97. The monoisotopic (exact) mass is 280 g/mol. The number of nitrogens with zero attached hydrogens (tertiary/aromatic N) is 2. The molecule has 3 aromatic rings. The van der Waals surface area contributed by atoms with Crippen molar-refractivity contribution in [3.63, 3.8) is 0 Å². The molecular weight excluding hydrogens is 264 g/mol. The zero-order chi connectivity index (χ0) is 14.7. The first-order valence-electron chi connectivity index (χ1n) is 6.81. The third-order valence-electron chi connectivity index (χ3n) is 3.24. The quantitative estimate of drug-likeness (QED) is 0.726. The van der Waals surface area contributed by atoms with Gasteiger partial charge in [0.15, 0.2) is 6.61 Å². The van der Waals surface area contributed by atoms with Crippen LogP contribution >= 0.6 is 0 Å². The Balaban J connectivity index is 1.74. The van der Waals surface area contributed by atoms with E-state index in [1.165, 1.54) is 0 Å². The van der Waals surface area contributed by atoms with Gasteiger partial charge < -0.3 is 9.15 Å².